The number of fused-ring (bicyclic) bond motifs is 1. The zero-order valence-corrected chi connectivity index (χ0v) is 13.4. The zero-order valence-electron chi connectivity index (χ0n) is 12.6. The lowest BCUT2D eigenvalue weighted by Crippen LogP contribution is -1.97. The van der Waals surface area contributed by atoms with Crippen LogP contribution in [0.15, 0.2) is 29.8 Å². The summed E-state index contributed by atoms with van der Waals surface area (Å²) in [6, 6.07) is 6.26. The average Bonchev–Trinajstić information content (AvgIpc) is 3.15. The van der Waals surface area contributed by atoms with Crippen molar-refractivity contribution in [1.29, 1.82) is 0 Å². The van der Waals surface area contributed by atoms with E-state index in [0.29, 0.717) is 0 Å². The predicted octanol–water partition coefficient (Wildman–Crippen LogP) is 3.73. The number of aromatic nitrogens is 3. The maximum atomic E-state index is 10.2. The smallest absolute Gasteiger partial charge is 0.139 e. The van der Waals surface area contributed by atoms with Crippen LogP contribution in [-0.4, -0.2) is 19.6 Å². The average molecular weight is 311 g/mol. The van der Waals surface area contributed by atoms with Crippen molar-refractivity contribution in [3.8, 4) is 21.8 Å². The van der Waals surface area contributed by atoms with Crippen LogP contribution in [0, 0.1) is 13.8 Å². The number of imidazole rings is 1. The Morgan fingerprint density at radius 1 is 1.32 bits per heavy atom. The van der Waals surface area contributed by atoms with Crippen molar-refractivity contribution in [3.05, 3.63) is 46.9 Å². The van der Waals surface area contributed by atoms with E-state index in [1.165, 1.54) is 5.56 Å². The molecule has 0 aromatic carbocycles. The van der Waals surface area contributed by atoms with Gasteiger partial charge in [0.05, 0.1) is 10.6 Å². The molecule has 112 valence electrons. The Balaban J connectivity index is 1.97. The van der Waals surface area contributed by atoms with Crippen LogP contribution in [0.25, 0.3) is 21.8 Å². The van der Waals surface area contributed by atoms with Crippen molar-refractivity contribution in [2.24, 2.45) is 0 Å². The Morgan fingerprint density at radius 3 is 2.91 bits per heavy atom. The number of nitrogens with zero attached hydrogens (tertiary/aromatic N) is 3. The molecule has 5 heteroatoms. The number of aliphatic hydroxyl groups is 1. The lowest BCUT2D eigenvalue weighted by Gasteiger charge is -2.08. The van der Waals surface area contributed by atoms with E-state index in [9.17, 15) is 5.11 Å². The van der Waals surface area contributed by atoms with E-state index in [0.717, 1.165) is 46.3 Å². The highest BCUT2D eigenvalue weighted by Crippen LogP contribution is 2.40. The van der Waals surface area contributed by atoms with E-state index in [1.54, 1.807) is 11.3 Å². The van der Waals surface area contributed by atoms with Crippen LogP contribution >= 0.6 is 11.3 Å². The first-order valence-electron chi connectivity index (χ1n) is 7.40. The van der Waals surface area contributed by atoms with Gasteiger partial charge in [0, 0.05) is 24.0 Å². The number of aliphatic hydroxyl groups excluding tert-OH is 1. The number of hydrogen-bond donors (Lipinski definition) is 1. The summed E-state index contributed by atoms with van der Waals surface area (Å²) in [5, 5.41) is 12.3. The first-order chi connectivity index (χ1) is 10.6. The third kappa shape index (κ3) is 2.09. The summed E-state index contributed by atoms with van der Waals surface area (Å²) in [5.41, 5.74) is 5.41. The third-order valence-corrected chi connectivity index (χ3v) is 5.11. The number of aryl methyl sites for hydroxylation is 2. The highest BCUT2D eigenvalue weighted by atomic mass is 32.1. The number of thiophene rings is 1. The second-order valence-electron chi connectivity index (χ2n) is 5.80. The van der Waals surface area contributed by atoms with Gasteiger partial charge < -0.3 is 9.67 Å². The lowest BCUT2D eigenvalue weighted by atomic mass is 10.1. The number of rotatable bonds is 2. The van der Waals surface area contributed by atoms with Gasteiger partial charge in [-0.1, -0.05) is 0 Å². The molecular formula is C17H17N3OS. The van der Waals surface area contributed by atoms with Gasteiger partial charge in [-0.15, -0.1) is 11.3 Å². The molecule has 4 rings (SSSR count). The topological polar surface area (TPSA) is 50.9 Å². The summed E-state index contributed by atoms with van der Waals surface area (Å²) >= 11 is 1.70. The molecule has 0 aliphatic carbocycles. The first-order valence-corrected chi connectivity index (χ1v) is 8.28. The monoisotopic (exact) mass is 311 g/mol. The SMILES string of the molecule is Cc1csc(-c2nc3n(c2-c2ccnc(C)c2)CCC3O)c1. The fraction of sp³-hybridized carbons (Fsp3) is 0.294. The molecule has 0 radical (unpaired) electrons. The normalized spacial score (nSPS) is 17.0. The molecule has 1 unspecified atom stereocenters. The minimum absolute atomic E-state index is 0.462. The third-order valence-electron chi connectivity index (χ3n) is 4.06. The van der Waals surface area contributed by atoms with Gasteiger partial charge in [0.15, 0.2) is 0 Å². The summed E-state index contributed by atoms with van der Waals surface area (Å²) < 4.78 is 2.16. The predicted molar refractivity (Wildman–Crippen MR) is 87.8 cm³/mol. The zero-order chi connectivity index (χ0) is 15.3. The van der Waals surface area contributed by atoms with E-state index < -0.39 is 6.10 Å². The minimum atomic E-state index is -0.462. The molecule has 3 aromatic rings. The molecule has 4 nitrogen and oxygen atoms in total. The summed E-state index contributed by atoms with van der Waals surface area (Å²) in [6.07, 6.45) is 2.11. The molecule has 1 aliphatic rings. The molecule has 1 N–H and O–H groups in total. The molecule has 4 heterocycles. The van der Waals surface area contributed by atoms with E-state index in [1.807, 2.05) is 19.2 Å². The highest BCUT2D eigenvalue weighted by Gasteiger charge is 2.29. The van der Waals surface area contributed by atoms with E-state index in [2.05, 4.69) is 34.0 Å². The molecule has 22 heavy (non-hydrogen) atoms. The standard InChI is InChI=1S/C17H17N3OS/c1-10-7-14(22-9-10)15-16(12-3-5-18-11(2)8-12)20-6-4-13(21)17(20)19-15/h3,5,7-9,13,21H,4,6H2,1-2H3. The minimum Gasteiger partial charge on any atom is -0.385 e. The summed E-state index contributed by atoms with van der Waals surface area (Å²) in [4.78, 5) is 10.2. The number of hydrogen-bond acceptors (Lipinski definition) is 4. The van der Waals surface area contributed by atoms with Crippen LogP contribution in [0.5, 0.6) is 0 Å². The van der Waals surface area contributed by atoms with Gasteiger partial charge in [0.2, 0.25) is 0 Å². The second kappa shape index (κ2) is 5.04. The van der Waals surface area contributed by atoms with Gasteiger partial charge in [0.25, 0.3) is 0 Å². The number of pyridine rings is 1. The quantitative estimate of drug-likeness (QED) is 0.784. The van der Waals surface area contributed by atoms with Gasteiger partial charge in [-0.05, 0) is 49.4 Å². The van der Waals surface area contributed by atoms with E-state index in [4.69, 9.17) is 4.98 Å². The van der Waals surface area contributed by atoms with E-state index in [-0.39, 0.29) is 0 Å². The van der Waals surface area contributed by atoms with Gasteiger partial charge in [-0.25, -0.2) is 4.98 Å². The summed E-state index contributed by atoms with van der Waals surface area (Å²) in [5.74, 6) is 0.783. The molecule has 0 saturated heterocycles. The molecule has 0 saturated carbocycles. The fourth-order valence-corrected chi connectivity index (χ4v) is 3.93. The van der Waals surface area contributed by atoms with Crippen molar-refractivity contribution in [2.45, 2.75) is 32.9 Å². The Bertz CT molecular complexity index is 849. The molecule has 1 aliphatic heterocycles. The van der Waals surface area contributed by atoms with Gasteiger partial charge in [-0.2, -0.15) is 0 Å². The largest absolute Gasteiger partial charge is 0.385 e. The Labute approximate surface area is 133 Å². The van der Waals surface area contributed by atoms with Crippen LogP contribution in [0.4, 0.5) is 0 Å². The lowest BCUT2D eigenvalue weighted by molar-refractivity contribution is 0.176. The van der Waals surface area contributed by atoms with Crippen LogP contribution < -0.4 is 0 Å². The van der Waals surface area contributed by atoms with Crippen molar-refractivity contribution in [2.75, 3.05) is 0 Å². The van der Waals surface area contributed by atoms with Crippen LogP contribution in [0.1, 0.15) is 29.6 Å². The molecule has 0 bridgehead atoms. The Morgan fingerprint density at radius 2 is 2.18 bits per heavy atom. The molecule has 0 amide bonds. The summed E-state index contributed by atoms with van der Waals surface area (Å²) in [7, 11) is 0. The first kappa shape index (κ1) is 13.7. The van der Waals surface area contributed by atoms with Crippen molar-refractivity contribution in [3.63, 3.8) is 0 Å². The Kier molecular flexibility index (Phi) is 3.13. The summed E-state index contributed by atoms with van der Waals surface area (Å²) in [6.45, 7) is 4.90. The van der Waals surface area contributed by atoms with Crippen LogP contribution in [-0.2, 0) is 6.54 Å². The maximum Gasteiger partial charge on any atom is 0.139 e. The van der Waals surface area contributed by atoms with Crippen molar-refractivity contribution in [1.82, 2.24) is 14.5 Å². The van der Waals surface area contributed by atoms with E-state index >= 15 is 0 Å². The van der Waals surface area contributed by atoms with Gasteiger partial charge >= 0.3 is 0 Å². The fourth-order valence-electron chi connectivity index (χ4n) is 3.04. The highest BCUT2D eigenvalue weighted by molar-refractivity contribution is 7.13. The maximum absolute atomic E-state index is 10.2. The van der Waals surface area contributed by atoms with Crippen molar-refractivity contribution >= 4 is 11.3 Å². The van der Waals surface area contributed by atoms with Gasteiger partial charge in [0.1, 0.15) is 17.6 Å². The Hall–Kier alpha value is -1.98. The van der Waals surface area contributed by atoms with Gasteiger partial charge in [-0.3, -0.25) is 4.98 Å². The van der Waals surface area contributed by atoms with Crippen LogP contribution in [0.3, 0.4) is 0 Å². The molecule has 0 spiro atoms. The molecule has 1 atom stereocenters. The second-order valence-corrected chi connectivity index (χ2v) is 6.71. The molecule has 3 aromatic heterocycles. The van der Waals surface area contributed by atoms with Crippen molar-refractivity contribution < 1.29 is 5.11 Å². The van der Waals surface area contributed by atoms with Crippen LogP contribution in [0.2, 0.25) is 0 Å². The molecule has 0 fully saturated rings. The molecular weight excluding hydrogens is 294 g/mol.